The molecule has 104 valence electrons. The fraction of sp³-hybridized carbons (Fsp3) is 0.615. The lowest BCUT2D eigenvalue weighted by atomic mass is 10.0. The number of halogens is 2. The van der Waals surface area contributed by atoms with Gasteiger partial charge in [0, 0.05) is 25.0 Å². The van der Waals surface area contributed by atoms with Gasteiger partial charge in [0.25, 0.3) is 0 Å². The van der Waals surface area contributed by atoms with Crippen LogP contribution in [0.5, 0.6) is 0 Å². The van der Waals surface area contributed by atoms with Crippen LogP contribution < -0.4 is 5.32 Å². The van der Waals surface area contributed by atoms with Crippen LogP contribution in [0.15, 0.2) is 24.5 Å². The second kappa shape index (κ2) is 9.56. The van der Waals surface area contributed by atoms with E-state index >= 15 is 0 Å². The molecule has 0 spiro atoms. The Labute approximate surface area is 122 Å². The Hall–Kier alpha value is -0.350. The second-order valence-corrected chi connectivity index (χ2v) is 4.52. The smallest absolute Gasteiger partial charge is 0.0300 e. The van der Waals surface area contributed by atoms with E-state index in [1.807, 2.05) is 18.5 Å². The monoisotopic (exact) mass is 291 g/mol. The molecule has 0 saturated carbocycles. The summed E-state index contributed by atoms with van der Waals surface area (Å²) in [5.74, 6) is 0. The van der Waals surface area contributed by atoms with Gasteiger partial charge in [0.1, 0.15) is 0 Å². The van der Waals surface area contributed by atoms with E-state index in [9.17, 15) is 0 Å². The molecule has 5 heteroatoms. The number of hydrogen-bond donors (Lipinski definition) is 1. The van der Waals surface area contributed by atoms with Gasteiger partial charge < -0.3 is 10.2 Å². The van der Waals surface area contributed by atoms with Crippen LogP contribution in [-0.2, 0) is 6.42 Å². The van der Waals surface area contributed by atoms with E-state index in [1.165, 1.54) is 38.0 Å². The van der Waals surface area contributed by atoms with Gasteiger partial charge in [0.05, 0.1) is 0 Å². The first-order valence-electron chi connectivity index (χ1n) is 6.17. The molecule has 18 heavy (non-hydrogen) atoms. The van der Waals surface area contributed by atoms with Crippen molar-refractivity contribution in [3.8, 4) is 0 Å². The van der Waals surface area contributed by atoms with Crippen molar-refractivity contribution in [3.63, 3.8) is 0 Å². The summed E-state index contributed by atoms with van der Waals surface area (Å²) < 4.78 is 0. The molecule has 1 aliphatic rings. The molecule has 3 nitrogen and oxygen atoms in total. The largest absolute Gasteiger partial charge is 0.317 e. The highest BCUT2D eigenvalue weighted by atomic mass is 35.5. The maximum atomic E-state index is 4.15. The van der Waals surface area contributed by atoms with Crippen LogP contribution in [0.2, 0.25) is 0 Å². The highest BCUT2D eigenvalue weighted by molar-refractivity contribution is 5.85. The number of piperidine rings is 1. The molecule has 1 fully saturated rings. The highest BCUT2D eigenvalue weighted by Crippen LogP contribution is 2.10. The summed E-state index contributed by atoms with van der Waals surface area (Å²) in [7, 11) is 2.07. The summed E-state index contributed by atoms with van der Waals surface area (Å²) in [5, 5.41) is 3.36. The minimum Gasteiger partial charge on any atom is -0.317 e. The van der Waals surface area contributed by atoms with Crippen LogP contribution in [-0.4, -0.2) is 42.6 Å². The molecule has 2 rings (SSSR count). The maximum absolute atomic E-state index is 4.15. The third-order valence-electron chi connectivity index (χ3n) is 3.44. The van der Waals surface area contributed by atoms with E-state index in [1.54, 1.807) is 0 Å². The van der Waals surface area contributed by atoms with Crippen molar-refractivity contribution in [2.75, 3.05) is 26.7 Å². The van der Waals surface area contributed by atoms with Crippen molar-refractivity contribution in [1.82, 2.24) is 15.2 Å². The number of rotatable bonds is 4. The SMILES string of the molecule is CNC1CCN(CCc2cccnc2)CC1.Cl.Cl. The van der Waals surface area contributed by atoms with E-state index in [0.717, 1.165) is 12.5 Å². The van der Waals surface area contributed by atoms with Gasteiger partial charge in [-0.15, -0.1) is 24.8 Å². The first kappa shape index (κ1) is 17.6. The first-order chi connectivity index (χ1) is 7.88. The summed E-state index contributed by atoms with van der Waals surface area (Å²) in [6, 6.07) is 4.91. The van der Waals surface area contributed by atoms with Gasteiger partial charge in [-0.25, -0.2) is 0 Å². The Morgan fingerprint density at radius 3 is 2.61 bits per heavy atom. The molecule has 1 saturated heterocycles. The average Bonchev–Trinajstić information content (AvgIpc) is 2.38. The molecule has 0 aromatic carbocycles. The number of aromatic nitrogens is 1. The summed E-state index contributed by atoms with van der Waals surface area (Å²) in [5.41, 5.74) is 1.35. The zero-order valence-electron chi connectivity index (χ0n) is 10.8. The highest BCUT2D eigenvalue weighted by Gasteiger charge is 2.16. The lowest BCUT2D eigenvalue weighted by molar-refractivity contribution is 0.204. The van der Waals surface area contributed by atoms with E-state index in [0.29, 0.717) is 0 Å². The molecule has 1 aromatic rings. The molecule has 0 amide bonds. The van der Waals surface area contributed by atoms with E-state index < -0.39 is 0 Å². The summed E-state index contributed by atoms with van der Waals surface area (Å²) >= 11 is 0. The average molecular weight is 292 g/mol. The lowest BCUT2D eigenvalue weighted by Gasteiger charge is -2.31. The van der Waals surface area contributed by atoms with Gasteiger partial charge in [0.15, 0.2) is 0 Å². The molecule has 1 N–H and O–H groups in total. The van der Waals surface area contributed by atoms with Crippen molar-refractivity contribution < 1.29 is 0 Å². The third-order valence-corrected chi connectivity index (χ3v) is 3.44. The van der Waals surface area contributed by atoms with Crippen molar-refractivity contribution >= 4 is 24.8 Å². The molecular formula is C13H23Cl2N3. The normalized spacial score (nSPS) is 16.7. The van der Waals surface area contributed by atoms with Crippen LogP contribution in [0.1, 0.15) is 18.4 Å². The van der Waals surface area contributed by atoms with Gasteiger partial charge in [-0.1, -0.05) is 6.07 Å². The Bertz CT molecular complexity index is 300. The van der Waals surface area contributed by atoms with Gasteiger partial charge in [0.2, 0.25) is 0 Å². The van der Waals surface area contributed by atoms with E-state index in [2.05, 4.69) is 28.3 Å². The number of likely N-dealkylation sites (tertiary alicyclic amines) is 1. The zero-order chi connectivity index (χ0) is 11.2. The quantitative estimate of drug-likeness (QED) is 0.921. The number of nitrogens with zero attached hydrogens (tertiary/aromatic N) is 2. The van der Waals surface area contributed by atoms with Crippen molar-refractivity contribution in [3.05, 3.63) is 30.1 Å². The van der Waals surface area contributed by atoms with Crippen LogP contribution >= 0.6 is 24.8 Å². The van der Waals surface area contributed by atoms with Crippen LogP contribution in [0.3, 0.4) is 0 Å². The predicted octanol–water partition coefficient (Wildman–Crippen LogP) is 2.15. The Morgan fingerprint density at radius 2 is 2.06 bits per heavy atom. The number of nitrogens with one attached hydrogen (secondary N) is 1. The molecule has 0 aliphatic carbocycles. The molecule has 0 unspecified atom stereocenters. The molecule has 1 aromatic heterocycles. The maximum Gasteiger partial charge on any atom is 0.0300 e. The molecule has 1 aliphatic heterocycles. The van der Waals surface area contributed by atoms with Gasteiger partial charge in [-0.3, -0.25) is 4.98 Å². The Kier molecular flexibility index (Phi) is 9.38. The van der Waals surface area contributed by atoms with E-state index in [4.69, 9.17) is 0 Å². The first-order valence-corrected chi connectivity index (χ1v) is 6.17. The minimum atomic E-state index is 0. The van der Waals surface area contributed by atoms with Crippen LogP contribution in [0.25, 0.3) is 0 Å². The van der Waals surface area contributed by atoms with Crippen LogP contribution in [0.4, 0.5) is 0 Å². The fourth-order valence-electron chi connectivity index (χ4n) is 2.28. The van der Waals surface area contributed by atoms with Gasteiger partial charge in [-0.05, 0) is 51.0 Å². The summed E-state index contributed by atoms with van der Waals surface area (Å²) in [4.78, 5) is 6.70. The van der Waals surface area contributed by atoms with Gasteiger partial charge in [-0.2, -0.15) is 0 Å². The van der Waals surface area contributed by atoms with Gasteiger partial charge >= 0.3 is 0 Å². The molecule has 0 radical (unpaired) electrons. The minimum absolute atomic E-state index is 0. The Balaban J connectivity index is 0.00000144. The fourth-order valence-corrected chi connectivity index (χ4v) is 2.28. The summed E-state index contributed by atoms with van der Waals surface area (Å²) in [6.45, 7) is 3.62. The lowest BCUT2D eigenvalue weighted by Crippen LogP contribution is -2.41. The third kappa shape index (κ3) is 5.53. The van der Waals surface area contributed by atoms with E-state index in [-0.39, 0.29) is 24.8 Å². The topological polar surface area (TPSA) is 28.2 Å². The zero-order valence-corrected chi connectivity index (χ0v) is 12.5. The predicted molar refractivity (Wildman–Crippen MR) is 81.0 cm³/mol. The standard InChI is InChI=1S/C13H21N3.2ClH/c1-14-13-5-9-16(10-6-13)8-4-12-3-2-7-15-11-12;;/h2-3,7,11,13-14H,4-6,8-10H2,1H3;2*1H. The van der Waals surface area contributed by atoms with Crippen molar-refractivity contribution in [2.24, 2.45) is 0 Å². The molecule has 0 bridgehead atoms. The number of hydrogen-bond acceptors (Lipinski definition) is 3. The molecule has 2 heterocycles. The second-order valence-electron chi connectivity index (χ2n) is 4.52. The van der Waals surface area contributed by atoms with Crippen molar-refractivity contribution in [1.29, 1.82) is 0 Å². The molecule has 0 atom stereocenters. The summed E-state index contributed by atoms with van der Waals surface area (Å²) in [6.07, 6.45) is 7.49. The van der Waals surface area contributed by atoms with Crippen molar-refractivity contribution in [2.45, 2.75) is 25.3 Å². The molecular weight excluding hydrogens is 269 g/mol. The number of pyridine rings is 1. The Morgan fingerprint density at radius 1 is 1.33 bits per heavy atom. The van der Waals surface area contributed by atoms with Crippen LogP contribution in [0, 0.1) is 0 Å².